The maximum absolute atomic E-state index is 12.2. The van der Waals surface area contributed by atoms with Crippen LogP contribution in [0.15, 0.2) is 28.7 Å². The molecule has 6 nitrogen and oxygen atoms in total. The number of hydrogen-bond donors (Lipinski definition) is 0. The van der Waals surface area contributed by atoms with E-state index < -0.39 is 11.9 Å². The van der Waals surface area contributed by atoms with Gasteiger partial charge < -0.3 is 18.6 Å². The normalized spacial score (nSPS) is 10.3. The van der Waals surface area contributed by atoms with Gasteiger partial charge in [-0.15, -0.1) is 0 Å². The molecule has 0 aliphatic carbocycles. The molecule has 0 spiro atoms. The van der Waals surface area contributed by atoms with E-state index in [-0.39, 0.29) is 23.9 Å². The summed E-state index contributed by atoms with van der Waals surface area (Å²) in [5, 5.41) is 0. The molecule has 1 heterocycles. The molecule has 0 fully saturated rings. The molecule has 0 aliphatic rings. The molecule has 0 saturated carbocycles. The number of carbonyl (C=O) groups is 2. The Morgan fingerprint density at radius 2 is 1.74 bits per heavy atom. The lowest BCUT2D eigenvalue weighted by molar-refractivity contribution is 0.0483. The van der Waals surface area contributed by atoms with Crippen LogP contribution in [0.1, 0.15) is 33.4 Å². The van der Waals surface area contributed by atoms with E-state index in [0.717, 1.165) is 5.56 Å². The molecule has 0 atom stereocenters. The van der Waals surface area contributed by atoms with Crippen LogP contribution >= 0.6 is 0 Å². The van der Waals surface area contributed by atoms with Gasteiger partial charge in [0.2, 0.25) is 5.76 Å². The molecule has 0 unspecified atom stereocenters. The first-order valence-electron chi connectivity index (χ1n) is 7.06. The second-order valence-electron chi connectivity index (χ2n) is 4.75. The van der Waals surface area contributed by atoms with Crippen LogP contribution in [0.5, 0.6) is 5.95 Å². The highest BCUT2D eigenvalue weighted by Crippen LogP contribution is 2.38. The van der Waals surface area contributed by atoms with E-state index >= 15 is 0 Å². The Balaban J connectivity index is 2.72. The van der Waals surface area contributed by atoms with Gasteiger partial charge in [-0.1, -0.05) is 29.8 Å². The predicted octanol–water partition coefficient (Wildman–Crippen LogP) is 3.23. The number of hydrogen-bond acceptors (Lipinski definition) is 6. The number of aryl methyl sites for hydroxylation is 1. The smallest absolute Gasteiger partial charge is 0.375 e. The molecular weight excluding hydrogens is 300 g/mol. The minimum Gasteiger partial charge on any atom is -0.468 e. The van der Waals surface area contributed by atoms with Crippen LogP contribution in [-0.2, 0) is 9.47 Å². The van der Waals surface area contributed by atoms with Crippen molar-refractivity contribution in [3.8, 4) is 17.1 Å². The zero-order chi connectivity index (χ0) is 17.0. The summed E-state index contributed by atoms with van der Waals surface area (Å²) in [7, 11) is 2.59. The molecule has 6 heteroatoms. The average molecular weight is 318 g/mol. The first-order valence-corrected chi connectivity index (χ1v) is 7.06. The van der Waals surface area contributed by atoms with Crippen molar-refractivity contribution in [1.82, 2.24) is 0 Å². The molecule has 2 rings (SSSR count). The molecule has 0 radical (unpaired) electrons. The van der Waals surface area contributed by atoms with Crippen LogP contribution in [0.3, 0.4) is 0 Å². The van der Waals surface area contributed by atoms with Crippen LogP contribution < -0.4 is 4.74 Å². The van der Waals surface area contributed by atoms with Crippen molar-refractivity contribution in [3.63, 3.8) is 0 Å². The largest absolute Gasteiger partial charge is 0.468 e. The number of furan rings is 1. The van der Waals surface area contributed by atoms with Gasteiger partial charge in [0.25, 0.3) is 0 Å². The van der Waals surface area contributed by atoms with Gasteiger partial charge in [0.1, 0.15) is 0 Å². The molecule has 0 bridgehead atoms. The minimum atomic E-state index is -0.670. The summed E-state index contributed by atoms with van der Waals surface area (Å²) in [6.07, 6.45) is 0. The number of methoxy groups -OCH3 is 2. The summed E-state index contributed by atoms with van der Waals surface area (Å²) in [5.41, 5.74) is 2.03. The van der Waals surface area contributed by atoms with Crippen LogP contribution in [0.4, 0.5) is 0 Å². The molecule has 0 aliphatic heterocycles. The van der Waals surface area contributed by atoms with Gasteiger partial charge in [0.05, 0.1) is 26.4 Å². The van der Waals surface area contributed by atoms with Gasteiger partial charge in [-0.25, -0.2) is 9.59 Å². The Morgan fingerprint density at radius 3 is 2.26 bits per heavy atom. The fourth-order valence-electron chi connectivity index (χ4n) is 2.18. The van der Waals surface area contributed by atoms with Gasteiger partial charge in [-0.3, -0.25) is 0 Å². The predicted molar refractivity (Wildman–Crippen MR) is 82.7 cm³/mol. The highest BCUT2D eigenvalue weighted by Gasteiger charge is 2.32. The third kappa shape index (κ3) is 3.21. The average Bonchev–Trinajstić information content (AvgIpc) is 2.94. The molecule has 0 saturated heterocycles. The van der Waals surface area contributed by atoms with Crippen molar-refractivity contribution in [1.29, 1.82) is 0 Å². The Bertz CT molecular complexity index is 711. The summed E-state index contributed by atoms with van der Waals surface area (Å²) in [6, 6.07) is 7.30. The summed E-state index contributed by atoms with van der Waals surface area (Å²) in [6.45, 7) is 3.81. The SMILES string of the molecule is CCOC(=O)c1oc(OC)c(C(=O)OC)c1-c1ccc(C)cc1. The summed E-state index contributed by atoms with van der Waals surface area (Å²) >= 11 is 0. The molecule has 2 aromatic rings. The second kappa shape index (κ2) is 7.00. The van der Waals surface area contributed by atoms with Crippen LogP contribution in [0, 0.1) is 6.92 Å². The van der Waals surface area contributed by atoms with E-state index in [4.69, 9.17) is 18.6 Å². The van der Waals surface area contributed by atoms with E-state index in [0.29, 0.717) is 11.1 Å². The molecule has 122 valence electrons. The fourth-order valence-corrected chi connectivity index (χ4v) is 2.18. The van der Waals surface area contributed by atoms with E-state index in [9.17, 15) is 9.59 Å². The van der Waals surface area contributed by atoms with Crippen LogP contribution in [-0.4, -0.2) is 32.8 Å². The molecule has 1 aromatic heterocycles. The van der Waals surface area contributed by atoms with Gasteiger partial charge in [0.15, 0.2) is 5.56 Å². The lowest BCUT2D eigenvalue weighted by atomic mass is 10.00. The van der Waals surface area contributed by atoms with Gasteiger partial charge in [0, 0.05) is 0 Å². The van der Waals surface area contributed by atoms with Crippen molar-refractivity contribution < 1.29 is 28.2 Å². The van der Waals surface area contributed by atoms with Gasteiger partial charge in [-0.2, -0.15) is 0 Å². The van der Waals surface area contributed by atoms with Crippen molar-refractivity contribution in [2.24, 2.45) is 0 Å². The van der Waals surface area contributed by atoms with E-state index in [1.165, 1.54) is 14.2 Å². The van der Waals surface area contributed by atoms with Gasteiger partial charge in [-0.05, 0) is 19.4 Å². The Hall–Kier alpha value is -2.76. The highest BCUT2D eigenvalue weighted by atomic mass is 16.6. The maximum Gasteiger partial charge on any atom is 0.375 e. The van der Waals surface area contributed by atoms with Crippen LogP contribution in [0.25, 0.3) is 11.1 Å². The highest BCUT2D eigenvalue weighted by molar-refractivity contribution is 6.06. The van der Waals surface area contributed by atoms with Crippen molar-refractivity contribution >= 4 is 11.9 Å². The monoisotopic (exact) mass is 318 g/mol. The zero-order valence-corrected chi connectivity index (χ0v) is 13.5. The second-order valence-corrected chi connectivity index (χ2v) is 4.75. The Kier molecular flexibility index (Phi) is 5.05. The van der Waals surface area contributed by atoms with Crippen molar-refractivity contribution in [3.05, 3.63) is 41.2 Å². The minimum absolute atomic E-state index is 0.0573. The molecule has 0 N–H and O–H groups in total. The van der Waals surface area contributed by atoms with E-state index in [1.54, 1.807) is 19.1 Å². The van der Waals surface area contributed by atoms with E-state index in [1.807, 2.05) is 19.1 Å². The third-order valence-corrected chi connectivity index (χ3v) is 3.25. The van der Waals surface area contributed by atoms with Crippen LogP contribution in [0.2, 0.25) is 0 Å². The van der Waals surface area contributed by atoms with Crippen molar-refractivity contribution in [2.45, 2.75) is 13.8 Å². The Labute approximate surface area is 134 Å². The van der Waals surface area contributed by atoms with Gasteiger partial charge >= 0.3 is 17.9 Å². The molecule has 0 amide bonds. The lowest BCUT2D eigenvalue weighted by Crippen LogP contribution is -2.07. The summed E-state index contributed by atoms with van der Waals surface area (Å²) in [5.74, 6) is -1.50. The van der Waals surface area contributed by atoms with E-state index in [2.05, 4.69) is 0 Å². The summed E-state index contributed by atoms with van der Waals surface area (Å²) in [4.78, 5) is 24.3. The molecular formula is C17H18O6. The number of rotatable bonds is 5. The molecule has 1 aromatic carbocycles. The lowest BCUT2D eigenvalue weighted by Gasteiger charge is -2.05. The first-order chi connectivity index (χ1) is 11.0. The topological polar surface area (TPSA) is 75.0 Å². The third-order valence-electron chi connectivity index (χ3n) is 3.25. The Morgan fingerprint density at radius 1 is 1.09 bits per heavy atom. The summed E-state index contributed by atoms with van der Waals surface area (Å²) < 4.78 is 20.3. The molecule has 23 heavy (non-hydrogen) atoms. The number of carbonyl (C=O) groups excluding carboxylic acids is 2. The first kappa shape index (κ1) is 16.6. The number of esters is 2. The number of benzene rings is 1. The zero-order valence-electron chi connectivity index (χ0n) is 13.5. The quantitative estimate of drug-likeness (QED) is 0.788. The fraction of sp³-hybridized carbons (Fsp3) is 0.294. The maximum atomic E-state index is 12.2. The standard InChI is InChI=1S/C17H18O6/c1-5-22-16(19)14-12(11-8-6-10(2)7-9-11)13(15(18)20-3)17(21-4)23-14/h6-9H,5H2,1-4H3. The van der Waals surface area contributed by atoms with Crippen molar-refractivity contribution in [2.75, 3.05) is 20.8 Å². The number of ether oxygens (including phenoxy) is 3.